The minimum atomic E-state index is -0.906. The Balaban J connectivity index is 1.72. The lowest BCUT2D eigenvalue weighted by Crippen LogP contribution is -2.29. The van der Waals surface area contributed by atoms with E-state index in [1.165, 1.54) is 24.2 Å². The lowest BCUT2D eigenvalue weighted by molar-refractivity contribution is -0.139. The molecule has 6 nitrogen and oxygen atoms in total. The zero-order valence-corrected chi connectivity index (χ0v) is 12.5. The van der Waals surface area contributed by atoms with Crippen LogP contribution in [0.4, 0.5) is 0 Å². The summed E-state index contributed by atoms with van der Waals surface area (Å²) in [5, 5.41) is 14.2. The minimum absolute atomic E-state index is 0.488. The number of carboxylic acids is 1. The molecule has 21 heavy (non-hydrogen) atoms. The molecule has 112 valence electrons. The molecule has 0 radical (unpaired) electrons. The highest BCUT2D eigenvalue weighted by Gasteiger charge is 2.22. The highest BCUT2D eigenvalue weighted by molar-refractivity contribution is 7.07. The molecule has 7 heteroatoms. The van der Waals surface area contributed by atoms with E-state index >= 15 is 0 Å². The fourth-order valence-electron chi connectivity index (χ4n) is 2.69. The number of carboxylic acid groups (broad SMARTS) is 1. The van der Waals surface area contributed by atoms with Crippen molar-refractivity contribution in [2.75, 3.05) is 0 Å². The van der Waals surface area contributed by atoms with E-state index in [0.29, 0.717) is 12.2 Å². The van der Waals surface area contributed by atoms with Crippen molar-refractivity contribution < 1.29 is 9.90 Å². The third-order valence-corrected chi connectivity index (χ3v) is 4.39. The second-order valence-corrected chi connectivity index (χ2v) is 5.91. The Labute approximate surface area is 126 Å². The van der Waals surface area contributed by atoms with Crippen LogP contribution in [0.5, 0.6) is 0 Å². The molecule has 0 saturated carbocycles. The quantitative estimate of drug-likeness (QED) is 0.883. The summed E-state index contributed by atoms with van der Waals surface area (Å²) < 4.78 is 2.22. The number of hydrogen-bond acceptors (Lipinski definition) is 5. The first-order valence-electron chi connectivity index (χ1n) is 7.13. The van der Waals surface area contributed by atoms with Gasteiger partial charge in [-0.2, -0.15) is 0 Å². The van der Waals surface area contributed by atoms with E-state index < -0.39 is 12.0 Å². The number of rotatable bonds is 5. The molecule has 0 spiro atoms. The van der Waals surface area contributed by atoms with Crippen molar-refractivity contribution in [3.05, 3.63) is 34.3 Å². The highest BCUT2D eigenvalue weighted by Crippen LogP contribution is 2.18. The van der Waals surface area contributed by atoms with Crippen LogP contribution >= 0.6 is 11.3 Å². The number of thiazole rings is 1. The molecule has 0 aliphatic carbocycles. The molecule has 1 aliphatic rings. The second-order valence-electron chi connectivity index (χ2n) is 5.19. The molecule has 1 unspecified atom stereocenters. The van der Waals surface area contributed by atoms with Gasteiger partial charge in [0.1, 0.15) is 11.9 Å². The third kappa shape index (κ3) is 3.14. The van der Waals surface area contributed by atoms with E-state index in [0.717, 1.165) is 30.9 Å². The summed E-state index contributed by atoms with van der Waals surface area (Å²) in [6.45, 7) is 1.46. The fourth-order valence-corrected chi connectivity index (χ4v) is 3.27. The minimum Gasteiger partial charge on any atom is -0.480 e. The first-order valence-corrected chi connectivity index (χ1v) is 8.07. The first-order chi connectivity index (χ1) is 10.3. The molecule has 1 aliphatic heterocycles. The molecular formula is C14H18N4O2S. The number of nitrogens with zero attached hydrogens (tertiary/aromatic N) is 3. The molecule has 0 saturated heterocycles. The summed E-state index contributed by atoms with van der Waals surface area (Å²) >= 11 is 1.40. The van der Waals surface area contributed by atoms with Crippen molar-refractivity contribution in [2.45, 2.75) is 44.8 Å². The van der Waals surface area contributed by atoms with Gasteiger partial charge in [0.05, 0.1) is 16.9 Å². The number of aliphatic carboxylic acids is 1. The predicted octanol–water partition coefficient (Wildman–Crippen LogP) is 1.98. The zero-order valence-electron chi connectivity index (χ0n) is 11.7. The van der Waals surface area contributed by atoms with Gasteiger partial charge >= 0.3 is 5.97 Å². The molecule has 2 aromatic rings. The van der Waals surface area contributed by atoms with Gasteiger partial charge in [-0.1, -0.05) is 6.42 Å². The molecule has 3 heterocycles. The normalized spacial score (nSPS) is 16.2. The predicted molar refractivity (Wildman–Crippen MR) is 79.1 cm³/mol. The van der Waals surface area contributed by atoms with Gasteiger partial charge in [0.25, 0.3) is 0 Å². The molecule has 0 aromatic carbocycles. The van der Waals surface area contributed by atoms with Crippen LogP contribution in [0.1, 0.15) is 42.5 Å². The summed E-state index contributed by atoms with van der Waals surface area (Å²) in [4.78, 5) is 19.9. The van der Waals surface area contributed by atoms with Crippen LogP contribution in [-0.2, 0) is 24.3 Å². The average molecular weight is 306 g/mol. The smallest absolute Gasteiger partial charge is 0.327 e. The molecule has 0 fully saturated rings. The molecule has 2 aromatic heterocycles. The van der Waals surface area contributed by atoms with Crippen LogP contribution in [0.15, 0.2) is 17.1 Å². The van der Waals surface area contributed by atoms with Gasteiger partial charge < -0.3 is 9.67 Å². The Hall–Kier alpha value is -1.73. The Bertz CT molecular complexity index is 609. The maximum absolute atomic E-state index is 11.4. The zero-order chi connectivity index (χ0) is 14.7. The van der Waals surface area contributed by atoms with E-state index in [1.807, 2.05) is 6.20 Å². The highest BCUT2D eigenvalue weighted by atomic mass is 32.1. The van der Waals surface area contributed by atoms with Crippen LogP contribution in [0.25, 0.3) is 0 Å². The van der Waals surface area contributed by atoms with Crippen LogP contribution in [0.2, 0.25) is 0 Å². The number of aryl methyl sites for hydroxylation is 1. The number of carbonyl (C=O) groups is 1. The van der Waals surface area contributed by atoms with Crippen molar-refractivity contribution in [1.29, 1.82) is 0 Å². The summed E-state index contributed by atoms with van der Waals surface area (Å²) in [7, 11) is 0. The van der Waals surface area contributed by atoms with Gasteiger partial charge in [-0.3, -0.25) is 10.1 Å². The Morgan fingerprint density at radius 1 is 1.43 bits per heavy atom. The number of aromatic nitrogens is 3. The molecule has 1 atom stereocenters. The Kier molecular flexibility index (Phi) is 4.31. The summed E-state index contributed by atoms with van der Waals surface area (Å²) in [5.41, 5.74) is 3.26. The molecule has 2 N–H and O–H groups in total. The third-order valence-electron chi connectivity index (χ3n) is 3.78. The maximum atomic E-state index is 11.4. The fraction of sp³-hybridized carbons (Fsp3) is 0.500. The van der Waals surface area contributed by atoms with E-state index in [-0.39, 0.29) is 0 Å². The van der Waals surface area contributed by atoms with Crippen molar-refractivity contribution in [3.63, 3.8) is 0 Å². The molecule has 0 amide bonds. The van der Waals surface area contributed by atoms with Crippen LogP contribution in [0.3, 0.4) is 0 Å². The SMILES string of the molecule is O=C(O)C(NCc1cnc2n1CCCCC2)c1cscn1. The number of hydrogen-bond donors (Lipinski definition) is 2. The van der Waals surface area contributed by atoms with Crippen molar-refractivity contribution in [2.24, 2.45) is 0 Å². The van der Waals surface area contributed by atoms with Crippen LogP contribution in [0, 0.1) is 0 Å². The van der Waals surface area contributed by atoms with E-state index in [2.05, 4.69) is 19.9 Å². The van der Waals surface area contributed by atoms with E-state index in [9.17, 15) is 9.90 Å². The Morgan fingerprint density at radius 3 is 3.10 bits per heavy atom. The van der Waals surface area contributed by atoms with Crippen molar-refractivity contribution >= 4 is 17.3 Å². The van der Waals surface area contributed by atoms with Gasteiger partial charge in [-0.05, 0) is 12.8 Å². The van der Waals surface area contributed by atoms with Gasteiger partial charge in [0.15, 0.2) is 0 Å². The topological polar surface area (TPSA) is 80.0 Å². The summed E-state index contributed by atoms with van der Waals surface area (Å²) in [5.74, 6) is 0.210. The maximum Gasteiger partial charge on any atom is 0.327 e. The van der Waals surface area contributed by atoms with Gasteiger partial charge in [-0.15, -0.1) is 11.3 Å². The largest absolute Gasteiger partial charge is 0.480 e. The first kappa shape index (κ1) is 14.2. The Morgan fingerprint density at radius 2 is 2.33 bits per heavy atom. The second kappa shape index (κ2) is 6.36. The van der Waals surface area contributed by atoms with Crippen LogP contribution < -0.4 is 5.32 Å². The lowest BCUT2D eigenvalue weighted by atomic mass is 10.2. The van der Waals surface area contributed by atoms with Crippen LogP contribution in [-0.4, -0.2) is 25.6 Å². The van der Waals surface area contributed by atoms with Crippen molar-refractivity contribution in [3.8, 4) is 0 Å². The van der Waals surface area contributed by atoms with E-state index in [1.54, 1.807) is 10.9 Å². The standard InChI is InChI=1S/C14H18N4O2S/c19-14(20)13(11-8-21-9-17-11)16-7-10-6-15-12-4-2-1-3-5-18(10)12/h6,8-9,13,16H,1-5,7H2,(H,19,20). The molecular weight excluding hydrogens is 288 g/mol. The molecule has 3 rings (SSSR count). The monoisotopic (exact) mass is 306 g/mol. The molecule has 0 bridgehead atoms. The van der Waals surface area contributed by atoms with E-state index in [4.69, 9.17) is 0 Å². The van der Waals surface area contributed by atoms with Gasteiger partial charge in [0.2, 0.25) is 0 Å². The van der Waals surface area contributed by atoms with Crippen molar-refractivity contribution in [1.82, 2.24) is 19.9 Å². The summed E-state index contributed by atoms with van der Waals surface area (Å²) in [6, 6.07) is -0.770. The summed E-state index contributed by atoms with van der Waals surface area (Å²) in [6.07, 6.45) is 6.43. The number of fused-ring (bicyclic) bond motifs is 1. The van der Waals surface area contributed by atoms with Gasteiger partial charge in [-0.25, -0.2) is 9.97 Å². The van der Waals surface area contributed by atoms with Gasteiger partial charge in [0, 0.05) is 31.1 Å². The number of imidazole rings is 1. The average Bonchev–Trinajstić information content (AvgIpc) is 3.05. The number of nitrogens with one attached hydrogen (secondary N) is 1. The lowest BCUT2D eigenvalue weighted by Gasteiger charge is -2.14.